The van der Waals surface area contributed by atoms with Gasteiger partial charge in [0.2, 0.25) is 5.91 Å². The first-order valence-corrected chi connectivity index (χ1v) is 4.32. The minimum Gasteiger partial charge on any atom is -0.332 e. The van der Waals surface area contributed by atoms with Gasteiger partial charge in [-0.2, -0.15) is 5.26 Å². The van der Waals surface area contributed by atoms with Crippen LogP contribution in [-0.4, -0.2) is 32.1 Å². The van der Waals surface area contributed by atoms with E-state index in [4.69, 9.17) is 5.26 Å². The molecule has 1 aliphatic rings. The van der Waals surface area contributed by atoms with Crippen molar-refractivity contribution in [1.82, 2.24) is 19.7 Å². The van der Waals surface area contributed by atoms with E-state index in [1.165, 1.54) is 0 Å². The molecule has 0 radical (unpaired) electrons. The predicted molar refractivity (Wildman–Crippen MR) is 45.7 cm³/mol. The maximum atomic E-state index is 11.4. The molecule has 1 aliphatic heterocycles. The number of hydrogen-bond acceptors (Lipinski definition) is 4. The molecule has 72 valence electrons. The molecule has 6 heteroatoms. The predicted octanol–water partition coefficient (Wildman–Crippen LogP) is -0.466. The Morgan fingerprint density at radius 2 is 2.50 bits per heavy atom. The van der Waals surface area contributed by atoms with Crippen LogP contribution in [0, 0.1) is 11.3 Å². The molecule has 0 atom stereocenters. The Kier molecular flexibility index (Phi) is 2.14. The minimum atomic E-state index is -0.137. The van der Waals surface area contributed by atoms with Crippen molar-refractivity contribution in [2.75, 3.05) is 6.54 Å². The summed E-state index contributed by atoms with van der Waals surface area (Å²) in [6, 6.07) is 1.85. The Bertz CT molecular complexity index is 391. The largest absolute Gasteiger partial charge is 0.332 e. The Balaban J connectivity index is 2.08. The molecule has 0 aliphatic carbocycles. The van der Waals surface area contributed by atoms with Crippen LogP contribution >= 0.6 is 0 Å². The van der Waals surface area contributed by atoms with Gasteiger partial charge in [0.25, 0.3) is 0 Å². The number of hydrogen-bond donors (Lipinski definition) is 0. The summed E-state index contributed by atoms with van der Waals surface area (Å²) in [7, 11) is 0. The first kappa shape index (κ1) is 8.69. The van der Waals surface area contributed by atoms with Crippen molar-refractivity contribution in [3.63, 3.8) is 0 Å². The molecule has 0 bridgehead atoms. The van der Waals surface area contributed by atoms with Crippen LogP contribution in [0.4, 0.5) is 0 Å². The van der Waals surface area contributed by atoms with Gasteiger partial charge in [-0.15, -0.1) is 10.2 Å². The van der Waals surface area contributed by atoms with Gasteiger partial charge in [0, 0.05) is 13.1 Å². The number of amides is 1. The standard InChI is InChI=1S/C8H9N5O/c9-2-1-8(14)12-3-4-13-6-10-11-7(13)5-12/h6H,1,3-5H2. The first-order valence-electron chi connectivity index (χ1n) is 4.32. The molecule has 1 aromatic heterocycles. The second-order valence-electron chi connectivity index (χ2n) is 3.09. The zero-order valence-electron chi connectivity index (χ0n) is 7.55. The minimum absolute atomic E-state index is 0.0614. The SMILES string of the molecule is N#CCC(=O)N1CCn2cnnc2C1. The lowest BCUT2D eigenvalue weighted by atomic mass is 10.3. The van der Waals surface area contributed by atoms with Gasteiger partial charge in [0.15, 0.2) is 5.82 Å². The molecular weight excluding hydrogens is 182 g/mol. The molecule has 0 saturated carbocycles. The maximum Gasteiger partial charge on any atom is 0.237 e. The van der Waals surface area contributed by atoms with E-state index in [0.717, 1.165) is 5.82 Å². The summed E-state index contributed by atoms with van der Waals surface area (Å²) < 4.78 is 1.91. The van der Waals surface area contributed by atoms with Gasteiger partial charge in [-0.05, 0) is 0 Å². The number of carbonyl (C=O) groups is 1. The van der Waals surface area contributed by atoms with Crippen molar-refractivity contribution in [2.45, 2.75) is 19.5 Å². The quantitative estimate of drug-likeness (QED) is 0.601. The highest BCUT2D eigenvalue weighted by Gasteiger charge is 2.20. The Morgan fingerprint density at radius 3 is 3.29 bits per heavy atom. The lowest BCUT2D eigenvalue weighted by Gasteiger charge is -2.26. The maximum absolute atomic E-state index is 11.4. The van der Waals surface area contributed by atoms with Gasteiger partial charge in [0.05, 0.1) is 12.6 Å². The van der Waals surface area contributed by atoms with Crippen LogP contribution in [0.3, 0.4) is 0 Å². The van der Waals surface area contributed by atoms with Gasteiger partial charge in [-0.3, -0.25) is 4.79 Å². The van der Waals surface area contributed by atoms with E-state index in [1.54, 1.807) is 11.2 Å². The summed E-state index contributed by atoms with van der Waals surface area (Å²) >= 11 is 0. The van der Waals surface area contributed by atoms with Crippen LogP contribution in [0.2, 0.25) is 0 Å². The smallest absolute Gasteiger partial charge is 0.237 e. The summed E-state index contributed by atoms with van der Waals surface area (Å²) in [5.74, 6) is 0.643. The number of rotatable bonds is 1. The third-order valence-electron chi connectivity index (χ3n) is 2.22. The van der Waals surface area contributed by atoms with E-state index in [0.29, 0.717) is 19.6 Å². The van der Waals surface area contributed by atoms with Gasteiger partial charge < -0.3 is 9.47 Å². The zero-order valence-corrected chi connectivity index (χ0v) is 7.55. The second kappa shape index (κ2) is 3.46. The van der Waals surface area contributed by atoms with Crippen molar-refractivity contribution in [3.8, 4) is 6.07 Å². The molecule has 0 aromatic carbocycles. The van der Waals surface area contributed by atoms with Crippen molar-refractivity contribution in [1.29, 1.82) is 5.26 Å². The summed E-state index contributed by atoms with van der Waals surface area (Å²) in [6.07, 6.45) is 1.59. The lowest BCUT2D eigenvalue weighted by Crippen LogP contribution is -2.37. The fourth-order valence-electron chi connectivity index (χ4n) is 1.46. The van der Waals surface area contributed by atoms with Crippen LogP contribution in [0.25, 0.3) is 0 Å². The highest BCUT2D eigenvalue weighted by Crippen LogP contribution is 2.09. The second-order valence-corrected chi connectivity index (χ2v) is 3.09. The molecule has 0 unspecified atom stereocenters. The van der Waals surface area contributed by atoms with E-state index >= 15 is 0 Å². The molecule has 2 heterocycles. The van der Waals surface area contributed by atoms with Crippen LogP contribution in [-0.2, 0) is 17.9 Å². The Morgan fingerprint density at radius 1 is 1.64 bits per heavy atom. The lowest BCUT2D eigenvalue weighted by molar-refractivity contribution is -0.131. The van der Waals surface area contributed by atoms with Crippen molar-refractivity contribution in [3.05, 3.63) is 12.2 Å². The summed E-state index contributed by atoms with van der Waals surface area (Å²) in [6.45, 7) is 1.80. The molecular formula is C8H9N5O. The molecule has 14 heavy (non-hydrogen) atoms. The topological polar surface area (TPSA) is 74.8 Å². The summed E-state index contributed by atoms with van der Waals surface area (Å²) in [5.41, 5.74) is 0. The average molecular weight is 191 g/mol. The molecule has 2 rings (SSSR count). The Hall–Kier alpha value is -1.90. The Labute approximate surface area is 80.8 Å². The average Bonchev–Trinajstić information content (AvgIpc) is 2.64. The molecule has 6 nitrogen and oxygen atoms in total. The fourth-order valence-corrected chi connectivity index (χ4v) is 1.46. The first-order chi connectivity index (χ1) is 6.81. The number of fused-ring (bicyclic) bond motifs is 1. The van der Waals surface area contributed by atoms with E-state index in [-0.39, 0.29) is 12.3 Å². The molecule has 0 N–H and O–H groups in total. The van der Waals surface area contributed by atoms with E-state index in [9.17, 15) is 4.79 Å². The van der Waals surface area contributed by atoms with Crippen LogP contribution in [0.1, 0.15) is 12.2 Å². The van der Waals surface area contributed by atoms with Crippen LogP contribution in [0.5, 0.6) is 0 Å². The highest BCUT2D eigenvalue weighted by molar-refractivity contribution is 5.78. The van der Waals surface area contributed by atoms with Gasteiger partial charge in [-0.1, -0.05) is 0 Å². The van der Waals surface area contributed by atoms with E-state index < -0.39 is 0 Å². The van der Waals surface area contributed by atoms with E-state index in [2.05, 4.69) is 10.2 Å². The van der Waals surface area contributed by atoms with Crippen molar-refractivity contribution < 1.29 is 4.79 Å². The molecule has 1 aromatic rings. The summed E-state index contributed by atoms with van der Waals surface area (Å²) in [4.78, 5) is 13.0. The normalized spacial score (nSPS) is 14.6. The van der Waals surface area contributed by atoms with Crippen LogP contribution < -0.4 is 0 Å². The van der Waals surface area contributed by atoms with Crippen molar-refractivity contribution >= 4 is 5.91 Å². The number of carbonyl (C=O) groups excluding carboxylic acids is 1. The fraction of sp³-hybridized carbons (Fsp3) is 0.500. The van der Waals surface area contributed by atoms with Gasteiger partial charge in [-0.25, -0.2) is 0 Å². The van der Waals surface area contributed by atoms with Crippen molar-refractivity contribution in [2.24, 2.45) is 0 Å². The van der Waals surface area contributed by atoms with Crippen LogP contribution in [0.15, 0.2) is 6.33 Å². The number of nitriles is 1. The highest BCUT2D eigenvalue weighted by atomic mass is 16.2. The number of nitrogens with zero attached hydrogens (tertiary/aromatic N) is 5. The third kappa shape index (κ3) is 1.44. The van der Waals surface area contributed by atoms with Gasteiger partial charge >= 0.3 is 0 Å². The monoisotopic (exact) mass is 191 g/mol. The third-order valence-corrected chi connectivity index (χ3v) is 2.22. The molecule has 1 amide bonds. The van der Waals surface area contributed by atoms with Gasteiger partial charge in [0.1, 0.15) is 12.7 Å². The van der Waals surface area contributed by atoms with E-state index in [1.807, 2.05) is 10.6 Å². The molecule has 0 fully saturated rings. The zero-order chi connectivity index (χ0) is 9.97. The molecule has 0 saturated heterocycles. The number of aromatic nitrogens is 3. The molecule has 0 spiro atoms. The summed E-state index contributed by atoms with van der Waals surface area (Å²) in [5, 5.41) is 16.0.